The van der Waals surface area contributed by atoms with E-state index in [4.69, 9.17) is 41.4 Å². The summed E-state index contributed by atoms with van der Waals surface area (Å²) in [4.78, 5) is 28.7. The number of nitrogens with one attached hydrogen (secondary N) is 1. The SMILES string of the molecule is COc1ccccc1Oc1c(OCC2CCCO2)nc(-c2ccnc(-c3noc(=S)[nH]3)c2)nc1C(N)=O. The molecule has 1 unspecified atom stereocenters. The van der Waals surface area contributed by atoms with Crippen LogP contribution in [0.4, 0.5) is 0 Å². The number of ether oxygens (including phenoxy) is 4. The third-order valence-electron chi connectivity index (χ3n) is 5.48. The van der Waals surface area contributed by atoms with Crippen molar-refractivity contribution in [2.24, 2.45) is 5.73 Å². The number of hydrogen-bond acceptors (Lipinski definition) is 11. The van der Waals surface area contributed by atoms with Crippen molar-refractivity contribution in [3.8, 4) is 46.0 Å². The Bertz CT molecular complexity index is 1480. The number of primary amides is 1. The quantitative estimate of drug-likeness (QED) is 0.308. The van der Waals surface area contributed by atoms with Crippen molar-refractivity contribution in [2.45, 2.75) is 18.9 Å². The number of amides is 1. The molecule has 0 spiro atoms. The highest BCUT2D eigenvalue weighted by atomic mass is 32.1. The molecule has 12 nitrogen and oxygen atoms in total. The zero-order valence-electron chi connectivity index (χ0n) is 19.7. The minimum absolute atomic E-state index is 0.0272. The van der Waals surface area contributed by atoms with Gasteiger partial charge in [0, 0.05) is 18.4 Å². The molecule has 3 aromatic heterocycles. The molecule has 37 heavy (non-hydrogen) atoms. The second-order valence-corrected chi connectivity index (χ2v) is 8.34. The van der Waals surface area contributed by atoms with Crippen LogP contribution in [0.5, 0.6) is 23.1 Å². The molecule has 1 aliphatic heterocycles. The number of carbonyl (C=O) groups excluding carboxylic acids is 1. The van der Waals surface area contributed by atoms with Crippen LogP contribution in [0.1, 0.15) is 23.3 Å². The Morgan fingerprint density at radius 2 is 2.08 bits per heavy atom. The topological polar surface area (TPSA) is 160 Å². The van der Waals surface area contributed by atoms with Gasteiger partial charge in [-0.15, -0.1) is 0 Å². The molecule has 0 aliphatic carbocycles. The van der Waals surface area contributed by atoms with Gasteiger partial charge in [0.15, 0.2) is 28.8 Å². The van der Waals surface area contributed by atoms with Crippen LogP contribution in [0, 0.1) is 4.84 Å². The van der Waals surface area contributed by atoms with Gasteiger partial charge in [-0.05, 0) is 49.3 Å². The summed E-state index contributed by atoms with van der Waals surface area (Å²) in [7, 11) is 1.51. The van der Waals surface area contributed by atoms with Crippen LogP contribution >= 0.6 is 12.2 Å². The van der Waals surface area contributed by atoms with E-state index in [1.807, 2.05) is 0 Å². The van der Waals surface area contributed by atoms with E-state index < -0.39 is 5.91 Å². The van der Waals surface area contributed by atoms with E-state index in [1.54, 1.807) is 36.4 Å². The maximum absolute atomic E-state index is 12.5. The predicted molar refractivity (Wildman–Crippen MR) is 132 cm³/mol. The van der Waals surface area contributed by atoms with E-state index in [0.29, 0.717) is 35.2 Å². The largest absolute Gasteiger partial charge is 0.493 e. The molecule has 5 rings (SSSR count). The minimum Gasteiger partial charge on any atom is -0.493 e. The van der Waals surface area contributed by atoms with Crippen molar-refractivity contribution < 1.29 is 28.3 Å². The third kappa shape index (κ3) is 5.42. The minimum atomic E-state index is -0.828. The molecule has 1 fully saturated rings. The summed E-state index contributed by atoms with van der Waals surface area (Å²) in [6, 6.07) is 10.3. The summed E-state index contributed by atoms with van der Waals surface area (Å²) in [6.45, 7) is 0.860. The van der Waals surface area contributed by atoms with E-state index >= 15 is 0 Å². The molecule has 1 amide bonds. The summed E-state index contributed by atoms with van der Waals surface area (Å²) in [6.07, 6.45) is 3.20. The van der Waals surface area contributed by atoms with Gasteiger partial charge in [-0.3, -0.25) is 14.8 Å². The van der Waals surface area contributed by atoms with Gasteiger partial charge in [0.2, 0.25) is 5.75 Å². The molecular formula is C24H22N6O6S. The summed E-state index contributed by atoms with van der Waals surface area (Å²) in [5.74, 6) is 0.426. The number of nitrogens with zero attached hydrogens (tertiary/aromatic N) is 4. The van der Waals surface area contributed by atoms with Crippen LogP contribution in [-0.2, 0) is 4.74 Å². The number of benzene rings is 1. The molecule has 1 aromatic carbocycles. The van der Waals surface area contributed by atoms with Gasteiger partial charge in [0.25, 0.3) is 16.6 Å². The Kier molecular flexibility index (Phi) is 7.05. The Morgan fingerprint density at radius 1 is 1.24 bits per heavy atom. The number of carbonyl (C=O) groups is 1. The molecular weight excluding hydrogens is 500 g/mol. The second-order valence-electron chi connectivity index (χ2n) is 7.97. The number of methoxy groups -OCH3 is 1. The number of hydrogen-bond donors (Lipinski definition) is 2. The highest BCUT2D eigenvalue weighted by Gasteiger charge is 2.26. The third-order valence-corrected chi connectivity index (χ3v) is 5.66. The molecule has 190 valence electrons. The van der Waals surface area contributed by atoms with Gasteiger partial charge in [0.05, 0.1) is 13.2 Å². The average Bonchev–Trinajstić information content (AvgIpc) is 3.60. The molecule has 13 heteroatoms. The van der Waals surface area contributed by atoms with Crippen LogP contribution < -0.4 is 19.9 Å². The molecule has 0 saturated carbocycles. The van der Waals surface area contributed by atoms with Crippen molar-refractivity contribution in [3.63, 3.8) is 0 Å². The highest BCUT2D eigenvalue weighted by Crippen LogP contribution is 2.38. The molecule has 3 N–H and O–H groups in total. The molecule has 1 saturated heterocycles. The van der Waals surface area contributed by atoms with Gasteiger partial charge in [-0.2, -0.15) is 4.98 Å². The van der Waals surface area contributed by atoms with Crippen molar-refractivity contribution in [1.29, 1.82) is 0 Å². The van der Waals surface area contributed by atoms with Gasteiger partial charge in [-0.1, -0.05) is 17.3 Å². The van der Waals surface area contributed by atoms with Crippen LogP contribution in [0.3, 0.4) is 0 Å². The maximum Gasteiger partial charge on any atom is 0.295 e. The zero-order chi connectivity index (χ0) is 25.8. The number of pyridine rings is 1. The highest BCUT2D eigenvalue weighted by molar-refractivity contribution is 7.71. The van der Waals surface area contributed by atoms with Gasteiger partial charge < -0.3 is 29.2 Å². The molecule has 4 heterocycles. The number of para-hydroxylation sites is 2. The second kappa shape index (κ2) is 10.7. The Morgan fingerprint density at radius 3 is 2.78 bits per heavy atom. The standard InChI is InChI=1S/C24H22N6O6S/c1-32-16-6-2-3-7-17(16)35-19-18(20(25)31)27-21(28-23(19)34-12-14-5-4-10-33-14)13-8-9-26-15(11-13)22-29-24(37)36-30-22/h2-3,6-9,11,14H,4-5,10,12H2,1H3,(H2,25,31)(H,29,30,37). The first-order valence-corrected chi connectivity index (χ1v) is 11.7. The van der Waals surface area contributed by atoms with Crippen molar-refractivity contribution in [3.05, 3.63) is 53.1 Å². The average molecular weight is 523 g/mol. The van der Waals surface area contributed by atoms with E-state index in [0.717, 1.165) is 12.8 Å². The summed E-state index contributed by atoms with van der Waals surface area (Å²) in [5.41, 5.74) is 6.50. The molecule has 1 atom stereocenters. The van der Waals surface area contributed by atoms with E-state index in [9.17, 15) is 4.79 Å². The van der Waals surface area contributed by atoms with Crippen molar-refractivity contribution >= 4 is 18.1 Å². The maximum atomic E-state index is 12.5. The monoisotopic (exact) mass is 522 g/mol. The van der Waals surface area contributed by atoms with E-state index in [1.165, 1.54) is 13.3 Å². The first-order chi connectivity index (χ1) is 18.0. The lowest BCUT2D eigenvalue weighted by molar-refractivity contribution is 0.0653. The van der Waals surface area contributed by atoms with Crippen LogP contribution in [0.2, 0.25) is 0 Å². The van der Waals surface area contributed by atoms with Crippen molar-refractivity contribution in [1.82, 2.24) is 25.1 Å². The number of rotatable bonds is 9. The first kappa shape index (κ1) is 24.3. The predicted octanol–water partition coefficient (Wildman–Crippen LogP) is 3.71. The van der Waals surface area contributed by atoms with Crippen LogP contribution in [0.15, 0.2) is 47.1 Å². The Balaban J connectivity index is 1.59. The van der Waals surface area contributed by atoms with E-state index in [2.05, 4.69) is 25.1 Å². The summed E-state index contributed by atoms with van der Waals surface area (Å²) >= 11 is 4.94. The molecule has 4 aromatic rings. The fraction of sp³-hybridized carbons (Fsp3) is 0.250. The molecule has 1 aliphatic rings. The number of aromatic nitrogens is 5. The zero-order valence-corrected chi connectivity index (χ0v) is 20.5. The first-order valence-electron chi connectivity index (χ1n) is 11.3. The van der Waals surface area contributed by atoms with E-state index in [-0.39, 0.29) is 40.7 Å². The number of aromatic amines is 1. The van der Waals surface area contributed by atoms with Gasteiger partial charge >= 0.3 is 0 Å². The fourth-order valence-electron chi connectivity index (χ4n) is 3.72. The summed E-state index contributed by atoms with van der Waals surface area (Å²) < 4.78 is 28.1. The molecule has 0 bridgehead atoms. The summed E-state index contributed by atoms with van der Waals surface area (Å²) in [5, 5.41) is 3.85. The molecule has 0 radical (unpaired) electrons. The van der Waals surface area contributed by atoms with Crippen molar-refractivity contribution in [2.75, 3.05) is 20.3 Å². The number of nitrogens with two attached hydrogens (primary N) is 1. The van der Waals surface area contributed by atoms with Gasteiger partial charge in [-0.25, -0.2) is 4.98 Å². The van der Waals surface area contributed by atoms with Crippen LogP contribution in [-0.4, -0.2) is 57.4 Å². The lowest BCUT2D eigenvalue weighted by Crippen LogP contribution is -2.20. The fourth-order valence-corrected chi connectivity index (χ4v) is 3.85. The lowest BCUT2D eigenvalue weighted by Gasteiger charge is -2.18. The Hall–Kier alpha value is -4.36. The lowest BCUT2D eigenvalue weighted by atomic mass is 10.2. The Labute approximate surface area is 215 Å². The smallest absolute Gasteiger partial charge is 0.295 e. The number of H-pyrrole nitrogens is 1. The van der Waals surface area contributed by atoms with Gasteiger partial charge in [0.1, 0.15) is 12.3 Å². The van der Waals surface area contributed by atoms with Crippen LogP contribution in [0.25, 0.3) is 22.9 Å². The normalized spacial score (nSPS) is 14.9.